The fraction of sp³-hybridized carbons (Fsp3) is 0.667. The van der Waals surface area contributed by atoms with Gasteiger partial charge in [0.2, 0.25) is 0 Å². The molecule has 24 heavy (non-hydrogen) atoms. The Morgan fingerprint density at radius 1 is 0.917 bits per heavy atom. The zero-order valence-corrected chi connectivity index (χ0v) is 17.2. The summed E-state index contributed by atoms with van der Waals surface area (Å²) in [5.41, 5.74) is 0.921. The Kier molecular flexibility index (Phi) is 14.5. The van der Waals surface area contributed by atoms with E-state index in [9.17, 15) is 9.59 Å². The summed E-state index contributed by atoms with van der Waals surface area (Å²) in [4.78, 5) is 21.7. The van der Waals surface area contributed by atoms with E-state index >= 15 is 0 Å². The highest BCUT2D eigenvalue weighted by Crippen LogP contribution is 2.12. The van der Waals surface area contributed by atoms with Gasteiger partial charge in [-0.2, -0.15) is 0 Å². The molecule has 0 aromatic rings. The zero-order chi connectivity index (χ0) is 19.2. The highest BCUT2D eigenvalue weighted by atomic mass is 28.4. The molecule has 0 unspecified atom stereocenters. The van der Waals surface area contributed by atoms with Gasteiger partial charge in [-0.25, -0.2) is 9.59 Å². The SMILES string of the molecule is C=C(C)C(=O)OCCCC.C=C(C)C(=O)OCCC[Si](C)(C)OC. The largest absolute Gasteiger partial charge is 0.462 e. The van der Waals surface area contributed by atoms with E-state index in [-0.39, 0.29) is 11.9 Å². The molecule has 0 aromatic carbocycles. The smallest absolute Gasteiger partial charge is 0.333 e. The molecule has 0 aliphatic heterocycles. The van der Waals surface area contributed by atoms with Crippen molar-refractivity contribution >= 4 is 20.3 Å². The minimum Gasteiger partial charge on any atom is -0.462 e. The van der Waals surface area contributed by atoms with Crippen molar-refractivity contribution in [2.24, 2.45) is 0 Å². The average molecular weight is 359 g/mol. The molecule has 0 heterocycles. The third kappa shape index (κ3) is 15.5. The van der Waals surface area contributed by atoms with Crippen LogP contribution >= 0.6 is 0 Å². The lowest BCUT2D eigenvalue weighted by molar-refractivity contribution is -0.139. The van der Waals surface area contributed by atoms with Crippen molar-refractivity contribution in [1.82, 2.24) is 0 Å². The van der Waals surface area contributed by atoms with Gasteiger partial charge in [0.25, 0.3) is 0 Å². The average Bonchev–Trinajstić information content (AvgIpc) is 2.51. The van der Waals surface area contributed by atoms with Gasteiger partial charge in [-0.3, -0.25) is 0 Å². The van der Waals surface area contributed by atoms with Gasteiger partial charge in [0.15, 0.2) is 8.32 Å². The van der Waals surface area contributed by atoms with Crippen LogP contribution in [0.15, 0.2) is 24.3 Å². The van der Waals surface area contributed by atoms with Crippen LogP contribution < -0.4 is 0 Å². The maximum atomic E-state index is 11.0. The van der Waals surface area contributed by atoms with Gasteiger partial charge in [0.05, 0.1) is 13.2 Å². The van der Waals surface area contributed by atoms with E-state index in [0.717, 1.165) is 25.3 Å². The molecular formula is C18H34O5Si. The lowest BCUT2D eigenvalue weighted by Gasteiger charge is -2.19. The molecule has 0 atom stereocenters. The van der Waals surface area contributed by atoms with Crippen molar-refractivity contribution < 1.29 is 23.5 Å². The topological polar surface area (TPSA) is 61.8 Å². The molecule has 0 saturated heterocycles. The maximum Gasteiger partial charge on any atom is 0.333 e. The number of hydrogen-bond donors (Lipinski definition) is 0. The summed E-state index contributed by atoms with van der Waals surface area (Å²) < 4.78 is 15.1. The van der Waals surface area contributed by atoms with Crippen LogP contribution in [0.5, 0.6) is 0 Å². The minimum absolute atomic E-state index is 0.284. The lowest BCUT2D eigenvalue weighted by atomic mass is 10.3. The number of hydrogen-bond acceptors (Lipinski definition) is 5. The molecule has 0 aromatic heterocycles. The van der Waals surface area contributed by atoms with Crippen LogP contribution in [-0.2, 0) is 23.5 Å². The van der Waals surface area contributed by atoms with E-state index in [1.165, 1.54) is 0 Å². The van der Waals surface area contributed by atoms with Crippen molar-refractivity contribution in [3.05, 3.63) is 24.3 Å². The number of carbonyl (C=O) groups excluding carboxylic acids is 2. The Morgan fingerprint density at radius 2 is 1.33 bits per heavy atom. The Bertz CT molecular complexity index is 416. The van der Waals surface area contributed by atoms with E-state index in [4.69, 9.17) is 13.9 Å². The monoisotopic (exact) mass is 358 g/mol. The van der Waals surface area contributed by atoms with E-state index in [1.54, 1.807) is 21.0 Å². The van der Waals surface area contributed by atoms with Crippen LogP contribution in [0.1, 0.15) is 40.0 Å². The van der Waals surface area contributed by atoms with E-state index < -0.39 is 8.32 Å². The molecule has 140 valence electrons. The summed E-state index contributed by atoms with van der Waals surface area (Å²) in [6.07, 6.45) is 2.84. The Balaban J connectivity index is 0. The molecule has 0 saturated carbocycles. The second-order valence-corrected chi connectivity index (χ2v) is 10.7. The Hall–Kier alpha value is -1.40. The standard InChI is InChI=1S/C10H20O3Si.C8H14O2/c1-9(2)10(11)13-7-6-8-14(4,5)12-3;1-4-5-6-10-8(9)7(2)3/h1,6-8H2,2-5H3;2,4-6H2,1,3H3. The number of ether oxygens (including phenoxy) is 2. The third-order valence-corrected chi connectivity index (χ3v) is 5.80. The first-order chi connectivity index (χ1) is 11.1. The van der Waals surface area contributed by atoms with Gasteiger partial charge >= 0.3 is 11.9 Å². The van der Waals surface area contributed by atoms with Crippen molar-refractivity contribution in [2.75, 3.05) is 20.3 Å². The predicted molar refractivity (Wildman–Crippen MR) is 100 cm³/mol. The van der Waals surface area contributed by atoms with Gasteiger partial charge in [-0.15, -0.1) is 0 Å². The number of esters is 2. The van der Waals surface area contributed by atoms with Crippen molar-refractivity contribution in [3.63, 3.8) is 0 Å². The van der Waals surface area contributed by atoms with E-state index in [0.29, 0.717) is 24.4 Å². The zero-order valence-electron chi connectivity index (χ0n) is 16.2. The number of unbranched alkanes of at least 4 members (excludes halogenated alkanes) is 1. The van der Waals surface area contributed by atoms with Gasteiger partial charge in [-0.05, 0) is 45.8 Å². The van der Waals surface area contributed by atoms with Crippen LogP contribution in [0.3, 0.4) is 0 Å². The molecule has 0 N–H and O–H groups in total. The fourth-order valence-corrected chi connectivity index (χ4v) is 2.52. The first-order valence-electron chi connectivity index (χ1n) is 8.27. The maximum absolute atomic E-state index is 11.0. The van der Waals surface area contributed by atoms with Gasteiger partial charge in [0.1, 0.15) is 0 Å². The number of rotatable bonds is 10. The lowest BCUT2D eigenvalue weighted by Crippen LogP contribution is -2.28. The Morgan fingerprint density at radius 3 is 1.67 bits per heavy atom. The molecular weight excluding hydrogens is 324 g/mol. The number of carbonyl (C=O) groups is 2. The van der Waals surface area contributed by atoms with Gasteiger partial charge < -0.3 is 13.9 Å². The van der Waals surface area contributed by atoms with Crippen LogP contribution in [0.25, 0.3) is 0 Å². The van der Waals surface area contributed by atoms with Crippen LogP contribution in [-0.4, -0.2) is 40.6 Å². The molecule has 0 fully saturated rings. The molecule has 5 nitrogen and oxygen atoms in total. The van der Waals surface area contributed by atoms with Gasteiger partial charge in [0, 0.05) is 18.3 Å². The molecule has 0 spiro atoms. The summed E-state index contributed by atoms with van der Waals surface area (Å²) >= 11 is 0. The fourth-order valence-electron chi connectivity index (χ4n) is 1.32. The third-order valence-electron chi connectivity index (χ3n) is 3.14. The van der Waals surface area contributed by atoms with E-state index in [1.807, 2.05) is 0 Å². The van der Waals surface area contributed by atoms with Crippen LogP contribution in [0.2, 0.25) is 19.1 Å². The van der Waals surface area contributed by atoms with Crippen LogP contribution in [0, 0.1) is 0 Å². The predicted octanol–water partition coefficient (Wildman–Crippen LogP) is 4.25. The highest BCUT2D eigenvalue weighted by molar-refractivity contribution is 6.71. The summed E-state index contributed by atoms with van der Waals surface area (Å²) in [5, 5.41) is 0. The summed E-state index contributed by atoms with van der Waals surface area (Å²) in [5.74, 6) is -0.588. The second kappa shape index (κ2) is 14.0. The molecule has 6 heteroatoms. The summed E-state index contributed by atoms with van der Waals surface area (Å²) in [6, 6.07) is 1.01. The van der Waals surface area contributed by atoms with Crippen molar-refractivity contribution in [2.45, 2.75) is 59.2 Å². The normalized spacial score (nSPS) is 10.2. The molecule has 0 aliphatic carbocycles. The highest BCUT2D eigenvalue weighted by Gasteiger charge is 2.19. The second-order valence-electron chi connectivity index (χ2n) is 6.25. The molecule has 0 amide bonds. The van der Waals surface area contributed by atoms with Crippen molar-refractivity contribution in [3.8, 4) is 0 Å². The van der Waals surface area contributed by atoms with Gasteiger partial charge in [-0.1, -0.05) is 26.5 Å². The first kappa shape index (κ1) is 24.8. The summed E-state index contributed by atoms with van der Waals surface area (Å²) in [7, 11) is 0.252. The quantitative estimate of drug-likeness (QED) is 0.253. The minimum atomic E-state index is -1.49. The molecule has 0 bridgehead atoms. The first-order valence-corrected chi connectivity index (χ1v) is 11.4. The Labute approximate surface area is 148 Å². The van der Waals surface area contributed by atoms with Crippen molar-refractivity contribution in [1.29, 1.82) is 0 Å². The summed E-state index contributed by atoms with van der Waals surface area (Å²) in [6.45, 7) is 17.6. The molecule has 0 aliphatic rings. The molecule has 0 radical (unpaired) electrons. The molecule has 0 rings (SSSR count). The van der Waals surface area contributed by atoms with E-state index in [2.05, 4.69) is 33.2 Å². The van der Waals surface area contributed by atoms with Crippen LogP contribution in [0.4, 0.5) is 0 Å².